The molecule has 0 saturated heterocycles. The van der Waals surface area contributed by atoms with Crippen LogP contribution in [0.15, 0.2) is 16.7 Å². The van der Waals surface area contributed by atoms with E-state index in [9.17, 15) is 4.79 Å². The van der Waals surface area contributed by atoms with Crippen molar-refractivity contribution in [3.05, 3.63) is 23.7 Å². The van der Waals surface area contributed by atoms with Gasteiger partial charge in [0.25, 0.3) is 0 Å². The lowest BCUT2D eigenvalue weighted by atomic mass is 10.2. The smallest absolute Gasteiger partial charge is 0.317 e. The summed E-state index contributed by atoms with van der Waals surface area (Å²) in [4.78, 5) is 13.5. The van der Waals surface area contributed by atoms with Crippen molar-refractivity contribution in [1.82, 2.24) is 10.2 Å². The predicted molar refractivity (Wildman–Crippen MR) is 69.2 cm³/mol. The molecule has 5 heteroatoms. The molecule has 1 aromatic rings. The second-order valence-corrected chi connectivity index (χ2v) is 4.57. The molecule has 1 atom stereocenters. The van der Waals surface area contributed by atoms with Gasteiger partial charge in [0.15, 0.2) is 0 Å². The summed E-state index contributed by atoms with van der Waals surface area (Å²) in [5.41, 5.74) is 1.01. The molecule has 0 aliphatic heterocycles. The molecule has 0 radical (unpaired) electrons. The van der Waals surface area contributed by atoms with Gasteiger partial charge >= 0.3 is 6.03 Å². The number of aryl methyl sites for hydroxylation is 1. The molecular formula is C13H22N2O3. The number of hydrogen-bond donors (Lipinski definition) is 2. The second-order valence-electron chi connectivity index (χ2n) is 4.57. The Hall–Kier alpha value is -1.49. The molecule has 1 heterocycles. The minimum absolute atomic E-state index is 0.0672. The van der Waals surface area contributed by atoms with Crippen molar-refractivity contribution in [2.24, 2.45) is 0 Å². The van der Waals surface area contributed by atoms with Crippen LogP contribution >= 0.6 is 0 Å². The van der Waals surface area contributed by atoms with Crippen molar-refractivity contribution in [3.8, 4) is 0 Å². The highest BCUT2D eigenvalue weighted by atomic mass is 16.3. The van der Waals surface area contributed by atoms with Crippen LogP contribution in [-0.4, -0.2) is 35.7 Å². The Morgan fingerprint density at radius 3 is 2.89 bits per heavy atom. The summed E-state index contributed by atoms with van der Waals surface area (Å²) in [6.07, 6.45) is 3.10. The van der Waals surface area contributed by atoms with Gasteiger partial charge in [0.1, 0.15) is 5.76 Å². The zero-order valence-corrected chi connectivity index (χ0v) is 11.3. The first-order valence-corrected chi connectivity index (χ1v) is 6.20. The van der Waals surface area contributed by atoms with Gasteiger partial charge in [-0.15, -0.1) is 0 Å². The van der Waals surface area contributed by atoms with E-state index in [-0.39, 0.29) is 18.7 Å². The zero-order valence-electron chi connectivity index (χ0n) is 11.3. The minimum atomic E-state index is -0.110. The molecule has 0 aromatic carbocycles. The van der Waals surface area contributed by atoms with Gasteiger partial charge in [0.05, 0.1) is 12.8 Å². The molecule has 0 fully saturated rings. The first-order chi connectivity index (χ1) is 8.54. The highest BCUT2D eigenvalue weighted by Gasteiger charge is 2.13. The maximum atomic E-state index is 11.9. The Kier molecular flexibility index (Phi) is 5.71. The van der Waals surface area contributed by atoms with Crippen LogP contribution in [0.25, 0.3) is 0 Å². The average Bonchev–Trinajstić information content (AvgIpc) is 2.72. The third-order valence-corrected chi connectivity index (χ3v) is 2.89. The lowest BCUT2D eigenvalue weighted by Crippen LogP contribution is -2.41. The number of nitrogens with one attached hydrogen (secondary N) is 1. The fourth-order valence-corrected chi connectivity index (χ4v) is 1.69. The van der Waals surface area contributed by atoms with E-state index in [0.29, 0.717) is 13.0 Å². The number of rotatable bonds is 6. The molecule has 0 bridgehead atoms. The summed E-state index contributed by atoms with van der Waals surface area (Å²) < 4.78 is 5.19. The van der Waals surface area contributed by atoms with Crippen LogP contribution in [0, 0.1) is 6.92 Å². The lowest BCUT2D eigenvalue weighted by Gasteiger charge is -2.21. The quantitative estimate of drug-likeness (QED) is 0.814. The first-order valence-electron chi connectivity index (χ1n) is 6.20. The average molecular weight is 254 g/mol. The number of carbonyl (C=O) groups is 1. The molecule has 1 unspecified atom stereocenters. The second kappa shape index (κ2) is 7.06. The topological polar surface area (TPSA) is 65.7 Å². The number of furan rings is 1. The van der Waals surface area contributed by atoms with Gasteiger partial charge in [-0.2, -0.15) is 0 Å². The zero-order chi connectivity index (χ0) is 13.5. The van der Waals surface area contributed by atoms with E-state index in [0.717, 1.165) is 17.7 Å². The van der Waals surface area contributed by atoms with E-state index in [1.54, 1.807) is 18.2 Å². The van der Waals surface area contributed by atoms with Crippen LogP contribution < -0.4 is 5.32 Å². The summed E-state index contributed by atoms with van der Waals surface area (Å²) in [5, 5.41) is 11.6. The van der Waals surface area contributed by atoms with Crippen molar-refractivity contribution in [3.63, 3.8) is 0 Å². The van der Waals surface area contributed by atoms with E-state index in [1.165, 1.54) is 0 Å². The molecule has 2 amide bonds. The van der Waals surface area contributed by atoms with Crippen LogP contribution in [0.3, 0.4) is 0 Å². The SMILES string of the molecule is Cc1occc1CN(C)C(=O)NC(C)CCCO. The molecule has 2 N–H and O–H groups in total. The Labute approximate surface area is 108 Å². The van der Waals surface area contributed by atoms with Gasteiger partial charge in [-0.1, -0.05) is 0 Å². The van der Waals surface area contributed by atoms with E-state index in [4.69, 9.17) is 9.52 Å². The van der Waals surface area contributed by atoms with Crippen molar-refractivity contribution in [2.45, 2.75) is 39.3 Å². The lowest BCUT2D eigenvalue weighted by molar-refractivity contribution is 0.201. The summed E-state index contributed by atoms with van der Waals surface area (Å²) >= 11 is 0. The molecule has 0 saturated carbocycles. The number of aliphatic hydroxyl groups is 1. The highest BCUT2D eigenvalue weighted by Crippen LogP contribution is 2.11. The minimum Gasteiger partial charge on any atom is -0.469 e. The van der Waals surface area contributed by atoms with E-state index in [2.05, 4.69) is 5.32 Å². The van der Waals surface area contributed by atoms with Crippen molar-refractivity contribution in [1.29, 1.82) is 0 Å². The van der Waals surface area contributed by atoms with E-state index in [1.807, 2.05) is 19.9 Å². The van der Waals surface area contributed by atoms with Crippen molar-refractivity contribution < 1.29 is 14.3 Å². The Balaban J connectivity index is 2.39. The third kappa shape index (κ3) is 4.41. The summed E-state index contributed by atoms with van der Waals surface area (Å²) in [5.74, 6) is 0.836. The largest absolute Gasteiger partial charge is 0.469 e. The van der Waals surface area contributed by atoms with Crippen LogP contribution in [0.1, 0.15) is 31.1 Å². The maximum Gasteiger partial charge on any atom is 0.317 e. The maximum absolute atomic E-state index is 11.9. The number of aliphatic hydroxyl groups excluding tert-OH is 1. The van der Waals surface area contributed by atoms with Gasteiger partial charge in [0, 0.05) is 25.3 Å². The van der Waals surface area contributed by atoms with Gasteiger partial charge < -0.3 is 19.7 Å². The Bertz CT molecular complexity index is 376. The van der Waals surface area contributed by atoms with E-state index >= 15 is 0 Å². The number of hydrogen-bond acceptors (Lipinski definition) is 3. The van der Waals surface area contributed by atoms with Gasteiger partial charge in [0.2, 0.25) is 0 Å². The molecule has 1 aromatic heterocycles. The van der Waals surface area contributed by atoms with E-state index < -0.39 is 0 Å². The molecule has 0 aliphatic carbocycles. The molecule has 5 nitrogen and oxygen atoms in total. The fraction of sp³-hybridized carbons (Fsp3) is 0.615. The van der Waals surface area contributed by atoms with Crippen LogP contribution in [0.5, 0.6) is 0 Å². The summed E-state index contributed by atoms with van der Waals surface area (Å²) in [6.45, 7) is 4.50. The van der Waals surface area contributed by atoms with Crippen molar-refractivity contribution >= 4 is 6.03 Å². The Morgan fingerprint density at radius 2 is 2.33 bits per heavy atom. The van der Waals surface area contributed by atoms with Crippen molar-refractivity contribution in [2.75, 3.05) is 13.7 Å². The first kappa shape index (κ1) is 14.6. The molecule has 102 valence electrons. The van der Waals surface area contributed by atoms with Crippen LogP contribution in [0.2, 0.25) is 0 Å². The van der Waals surface area contributed by atoms with Gasteiger partial charge in [-0.3, -0.25) is 0 Å². The number of carbonyl (C=O) groups excluding carboxylic acids is 1. The summed E-state index contributed by atoms with van der Waals surface area (Å²) in [7, 11) is 1.75. The predicted octanol–water partition coefficient (Wildman–Crippen LogP) is 1.89. The molecule has 0 aliphatic rings. The fourth-order valence-electron chi connectivity index (χ4n) is 1.69. The van der Waals surface area contributed by atoms with Gasteiger partial charge in [-0.05, 0) is 32.8 Å². The molecule has 0 spiro atoms. The highest BCUT2D eigenvalue weighted by molar-refractivity contribution is 5.74. The normalized spacial score (nSPS) is 12.2. The number of amides is 2. The Morgan fingerprint density at radius 1 is 1.61 bits per heavy atom. The number of urea groups is 1. The van der Waals surface area contributed by atoms with Gasteiger partial charge in [-0.25, -0.2) is 4.79 Å². The monoisotopic (exact) mass is 254 g/mol. The molecular weight excluding hydrogens is 232 g/mol. The van der Waals surface area contributed by atoms with Crippen LogP contribution in [0.4, 0.5) is 4.79 Å². The third-order valence-electron chi connectivity index (χ3n) is 2.89. The van der Waals surface area contributed by atoms with Crippen LogP contribution in [-0.2, 0) is 6.54 Å². The number of nitrogens with zero attached hydrogens (tertiary/aromatic N) is 1. The molecule has 1 rings (SSSR count). The summed E-state index contributed by atoms with van der Waals surface area (Å²) in [6, 6.07) is 1.83. The standard InChI is InChI=1S/C13H22N2O3/c1-10(5-4-7-16)14-13(17)15(3)9-12-6-8-18-11(12)2/h6,8,10,16H,4-5,7,9H2,1-3H3,(H,14,17). The molecule has 18 heavy (non-hydrogen) atoms.